The van der Waals surface area contributed by atoms with Crippen molar-refractivity contribution in [3.8, 4) is 0 Å². The second kappa shape index (κ2) is 5.85. The van der Waals surface area contributed by atoms with E-state index in [2.05, 4.69) is 10.3 Å². The Labute approximate surface area is 127 Å². The van der Waals surface area contributed by atoms with Crippen LogP contribution in [0.15, 0.2) is 30.3 Å². The number of alkyl halides is 3. The average molecular weight is 312 g/mol. The quantitative estimate of drug-likeness (QED) is 0.909. The third-order valence-corrected chi connectivity index (χ3v) is 3.23. The number of aliphatic hydroxyl groups excluding tert-OH is 1. The Kier molecular flexibility index (Phi) is 4.44. The van der Waals surface area contributed by atoms with Gasteiger partial charge in [-0.05, 0) is 26.8 Å². The van der Waals surface area contributed by atoms with Crippen LogP contribution in [0.4, 0.5) is 13.2 Å². The molecule has 0 saturated heterocycles. The fraction of sp³-hybridized carbons (Fsp3) is 0.438. The molecule has 1 aromatic carbocycles. The van der Waals surface area contributed by atoms with Gasteiger partial charge >= 0.3 is 6.18 Å². The van der Waals surface area contributed by atoms with Gasteiger partial charge in [-0.1, -0.05) is 24.3 Å². The van der Waals surface area contributed by atoms with Gasteiger partial charge in [0.25, 0.3) is 0 Å². The van der Waals surface area contributed by atoms with Crippen molar-refractivity contribution >= 4 is 10.9 Å². The van der Waals surface area contributed by atoms with E-state index in [9.17, 15) is 18.3 Å². The van der Waals surface area contributed by atoms with E-state index in [0.29, 0.717) is 10.9 Å². The Morgan fingerprint density at radius 2 is 1.82 bits per heavy atom. The van der Waals surface area contributed by atoms with E-state index in [0.717, 1.165) is 6.07 Å². The van der Waals surface area contributed by atoms with Crippen molar-refractivity contribution in [2.75, 3.05) is 6.54 Å². The van der Waals surface area contributed by atoms with Crippen LogP contribution in [0.1, 0.15) is 38.1 Å². The van der Waals surface area contributed by atoms with Gasteiger partial charge in [0.1, 0.15) is 5.69 Å². The molecule has 1 heterocycles. The molecule has 0 aliphatic rings. The van der Waals surface area contributed by atoms with Gasteiger partial charge in [0.15, 0.2) is 0 Å². The molecule has 0 fully saturated rings. The van der Waals surface area contributed by atoms with Gasteiger partial charge in [0.2, 0.25) is 0 Å². The van der Waals surface area contributed by atoms with E-state index in [4.69, 9.17) is 0 Å². The number of halogens is 3. The standard InChI is InChI=1S/C16H19F3N2O/c1-15(2,3)20-9-12(22)11-6-4-5-10-7-8-13(16(17,18)19)21-14(10)11/h4-8,12,20,22H,9H2,1-3H3/t12-/m0/s1. The molecule has 0 radical (unpaired) electrons. The molecule has 2 rings (SSSR count). The summed E-state index contributed by atoms with van der Waals surface area (Å²) in [7, 11) is 0. The SMILES string of the molecule is CC(C)(C)NC[C@H](O)c1cccc2ccc(C(F)(F)F)nc12. The second-order valence-corrected chi connectivity index (χ2v) is 6.26. The fourth-order valence-electron chi connectivity index (χ4n) is 2.11. The number of nitrogens with one attached hydrogen (secondary N) is 1. The third-order valence-electron chi connectivity index (χ3n) is 3.23. The highest BCUT2D eigenvalue weighted by Crippen LogP contribution is 2.31. The van der Waals surface area contributed by atoms with Crippen LogP contribution in [0.5, 0.6) is 0 Å². The lowest BCUT2D eigenvalue weighted by molar-refractivity contribution is -0.140. The average Bonchev–Trinajstić information content (AvgIpc) is 2.41. The van der Waals surface area contributed by atoms with E-state index in [-0.39, 0.29) is 17.6 Å². The summed E-state index contributed by atoms with van der Waals surface area (Å²) in [5, 5.41) is 14.0. The van der Waals surface area contributed by atoms with Gasteiger partial charge in [-0.25, -0.2) is 4.98 Å². The number of β-amino-alcohol motifs (C(OH)–C–C–N with tert-alkyl or cyclic N) is 1. The van der Waals surface area contributed by atoms with Crippen LogP contribution in [0.2, 0.25) is 0 Å². The molecule has 22 heavy (non-hydrogen) atoms. The van der Waals surface area contributed by atoms with E-state index in [1.54, 1.807) is 18.2 Å². The highest BCUT2D eigenvalue weighted by molar-refractivity contribution is 5.82. The molecule has 120 valence electrons. The smallest absolute Gasteiger partial charge is 0.387 e. The van der Waals surface area contributed by atoms with Gasteiger partial charge in [-0.3, -0.25) is 0 Å². The zero-order chi connectivity index (χ0) is 16.5. The summed E-state index contributed by atoms with van der Waals surface area (Å²) in [6.45, 7) is 6.08. The minimum absolute atomic E-state index is 0.181. The number of rotatable bonds is 3. The molecule has 0 bridgehead atoms. The third kappa shape index (κ3) is 3.96. The Morgan fingerprint density at radius 3 is 2.41 bits per heavy atom. The maximum absolute atomic E-state index is 12.8. The lowest BCUT2D eigenvalue weighted by Gasteiger charge is -2.23. The van der Waals surface area contributed by atoms with Crippen LogP contribution in [0.25, 0.3) is 10.9 Å². The van der Waals surface area contributed by atoms with Crippen LogP contribution in [-0.2, 0) is 6.18 Å². The molecule has 2 N–H and O–H groups in total. The lowest BCUT2D eigenvalue weighted by Crippen LogP contribution is -2.38. The number of hydrogen-bond donors (Lipinski definition) is 2. The van der Waals surface area contributed by atoms with Crippen LogP contribution in [0, 0.1) is 0 Å². The first-order valence-electron chi connectivity index (χ1n) is 6.98. The number of nitrogens with zero attached hydrogens (tertiary/aromatic N) is 1. The van der Waals surface area contributed by atoms with Gasteiger partial charge in [0, 0.05) is 23.0 Å². The number of pyridine rings is 1. The summed E-state index contributed by atoms with van der Waals surface area (Å²) >= 11 is 0. The summed E-state index contributed by atoms with van der Waals surface area (Å²) in [5.41, 5.74) is -0.583. The molecule has 0 unspecified atom stereocenters. The monoisotopic (exact) mass is 312 g/mol. The van der Waals surface area contributed by atoms with Crippen molar-refractivity contribution in [2.24, 2.45) is 0 Å². The number of hydrogen-bond acceptors (Lipinski definition) is 3. The minimum Gasteiger partial charge on any atom is -0.387 e. The molecule has 2 aromatic rings. The Morgan fingerprint density at radius 1 is 1.14 bits per heavy atom. The molecular weight excluding hydrogens is 293 g/mol. The molecule has 0 amide bonds. The van der Waals surface area contributed by atoms with Crippen LogP contribution >= 0.6 is 0 Å². The molecule has 1 aromatic heterocycles. The maximum atomic E-state index is 12.8. The van der Waals surface area contributed by atoms with Gasteiger partial charge in [-0.15, -0.1) is 0 Å². The predicted octanol–water partition coefficient (Wildman–Crippen LogP) is 3.68. The summed E-state index contributed by atoms with van der Waals surface area (Å²) in [6.07, 6.45) is -5.44. The molecule has 6 heteroatoms. The van der Waals surface area contributed by atoms with E-state index in [1.165, 1.54) is 6.07 Å². The normalized spacial score (nSPS) is 14.3. The van der Waals surface area contributed by atoms with Crippen LogP contribution in [-0.4, -0.2) is 22.2 Å². The van der Waals surface area contributed by atoms with E-state index < -0.39 is 18.0 Å². The fourth-order valence-corrected chi connectivity index (χ4v) is 2.11. The largest absolute Gasteiger partial charge is 0.433 e. The molecular formula is C16H19F3N2O. The molecule has 1 atom stereocenters. The van der Waals surface area contributed by atoms with Crippen molar-refractivity contribution in [2.45, 2.75) is 38.6 Å². The number of para-hydroxylation sites is 1. The number of aromatic nitrogens is 1. The number of benzene rings is 1. The van der Waals surface area contributed by atoms with E-state index in [1.807, 2.05) is 20.8 Å². The molecule has 0 aliphatic carbocycles. The first-order valence-corrected chi connectivity index (χ1v) is 6.98. The molecule has 3 nitrogen and oxygen atoms in total. The lowest BCUT2D eigenvalue weighted by atomic mass is 10.0. The zero-order valence-electron chi connectivity index (χ0n) is 12.7. The van der Waals surface area contributed by atoms with Crippen LogP contribution in [0.3, 0.4) is 0 Å². The topological polar surface area (TPSA) is 45.1 Å². The Bertz CT molecular complexity index is 662. The highest BCUT2D eigenvalue weighted by atomic mass is 19.4. The van der Waals surface area contributed by atoms with E-state index >= 15 is 0 Å². The highest BCUT2D eigenvalue weighted by Gasteiger charge is 2.32. The predicted molar refractivity (Wildman–Crippen MR) is 79.5 cm³/mol. The van der Waals surface area contributed by atoms with Crippen LogP contribution < -0.4 is 5.32 Å². The maximum Gasteiger partial charge on any atom is 0.433 e. The zero-order valence-corrected chi connectivity index (χ0v) is 12.7. The van der Waals surface area contributed by atoms with Gasteiger partial charge in [0.05, 0.1) is 11.6 Å². The Hall–Kier alpha value is -1.66. The first kappa shape index (κ1) is 16.7. The first-order chi connectivity index (χ1) is 10.1. The second-order valence-electron chi connectivity index (χ2n) is 6.26. The summed E-state index contributed by atoms with van der Waals surface area (Å²) in [6, 6.07) is 7.30. The summed E-state index contributed by atoms with van der Waals surface area (Å²) < 4.78 is 38.4. The number of fused-ring (bicyclic) bond motifs is 1. The summed E-state index contributed by atoms with van der Waals surface area (Å²) in [5.74, 6) is 0. The van der Waals surface area contributed by atoms with Crippen molar-refractivity contribution in [1.29, 1.82) is 0 Å². The molecule has 0 spiro atoms. The van der Waals surface area contributed by atoms with Crippen molar-refractivity contribution in [3.05, 3.63) is 41.6 Å². The van der Waals surface area contributed by atoms with Crippen molar-refractivity contribution in [3.63, 3.8) is 0 Å². The van der Waals surface area contributed by atoms with Gasteiger partial charge < -0.3 is 10.4 Å². The Balaban J connectivity index is 2.40. The van der Waals surface area contributed by atoms with Gasteiger partial charge in [-0.2, -0.15) is 13.2 Å². The van der Waals surface area contributed by atoms with Crippen molar-refractivity contribution < 1.29 is 18.3 Å². The minimum atomic E-state index is -4.50. The number of aliphatic hydroxyl groups is 1. The summed E-state index contributed by atoms with van der Waals surface area (Å²) in [4.78, 5) is 3.70. The molecule has 0 aliphatic heterocycles. The van der Waals surface area contributed by atoms with Crippen molar-refractivity contribution in [1.82, 2.24) is 10.3 Å². The molecule has 0 saturated carbocycles.